The Hall–Kier alpha value is -1.06. The van der Waals surface area contributed by atoms with Gasteiger partial charge in [0.2, 0.25) is 0 Å². The third-order valence-corrected chi connectivity index (χ3v) is 1.04. The minimum Gasteiger partial charge on any atom is -0.503 e. The first kappa shape index (κ1) is 7.06. The van der Waals surface area contributed by atoms with E-state index in [-0.39, 0.29) is 5.46 Å². The van der Waals surface area contributed by atoms with Crippen LogP contribution in [0.5, 0.6) is 5.75 Å². The van der Waals surface area contributed by atoms with E-state index < -0.39 is 17.4 Å². The van der Waals surface area contributed by atoms with E-state index in [1.54, 1.807) is 0 Å². The van der Waals surface area contributed by atoms with Gasteiger partial charge in [-0.25, -0.2) is 8.78 Å². The third kappa shape index (κ3) is 1.10. The Balaban J connectivity index is 3.31. The molecular weight excluding hydrogens is 137 g/mol. The summed E-state index contributed by atoms with van der Waals surface area (Å²) in [6.07, 6.45) is 0. The van der Waals surface area contributed by atoms with Gasteiger partial charge in [-0.1, -0.05) is 5.46 Å². The van der Waals surface area contributed by atoms with Crippen molar-refractivity contribution in [3.8, 4) is 5.75 Å². The number of phenolic OH excluding ortho intramolecular Hbond substituents is 1. The minimum absolute atomic E-state index is 0.0483. The zero-order chi connectivity index (χ0) is 7.72. The van der Waals surface area contributed by atoms with Crippen molar-refractivity contribution in [3.05, 3.63) is 23.8 Å². The molecule has 2 radical (unpaired) electrons. The van der Waals surface area contributed by atoms with E-state index in [0.29, 0.717) is 0 Å². The number of hydrogen-bond acceptors (Lipinski definition) is 1. The van der Waals surface area contributed by atoms with Gasteiger partial charge in [-0.15, -0.1) is 0 Å². The number of aromatic hydroxyl groups is 1. The summed E-state index contributed by atoms with van der Waals surface area (Å²) in [6, 6.07) is 1.69. The van der Waals surface area contributed by atoms with Crippen molar-refractivity contribution >= 4 is 13.3 Å². The molecule has 0 bridgehead atoms. The Morgan fingerprint density at radius 2 is 1.60 bits per heavy atom. The molecule has 50 valence electrons. The molecule has 0 aliphatic carbocycles. The second-order valence-electron chi connectivity index (χ2n) is 1.83. The second kappa shape index (κ2) is 2.29. The van der Waals surface area contributed by atoms with E-state index in [9.17, 15) is 8.78 Å². The van der Waals surface area contributed by atoms with Gasteiger partial charge in [-0.3, -0.25) is 0 Å². The smallest absolute Gasteiger partial charge is 0.187 e. The van der Waals surface area contributed by atoms with E-state index in [4.69, 9.17) is 13.0 Å². The average Bonchev–Trinajstić information content (AvgIpc) is 1.82. The summed E-state index contributed by atoms with van der Waals surface area (Å²) in [5.74, 6) is -3.08. The first-order valence-electron chi connectivity index (χ1n) is 2.54. The summed E-state index contributed by atoms with van der Waals surface area (Å²) in [5, 5.41) is 8.53. The van der Waals surface area contributed by atoms with Crippen LogP contribution in [0.4, 0.5) is 8.78 Å². The van der Waals surface area contributed by atoms with Gasteiger partial charge in [0, 0.05) is 0 Å². The van der Waals surface area contributed by atoms with Crippen molar-refractivity contribution < 1.29 is 13.9 Å². The first-order valence-corrected chi connectivity index (χ1v) is 2.54. The molecule has 0 spiro atoms. The number of phenols is 1. The van der Waals surface area contributed by atoms with Crippen LogP contribution in [0, 0.1) is 11.6 Å². The van der Waals surface area contributed by atoms with Crippen LogP contribution < -0.4 is 5.46 Å². The summed E-state index contributed by atoms with van der Waals surface area (Å²) in [7, 11) is 5.04. The summed E-state index contributed by atoms with van der Waals surface area (Å²) < 4.78 is 24.5. The normalized spacial score (nSPS) is 9.80. The molecule has 0 saturated heterocycles. The molecule has 0 fully saturated rings. The number of rotatable bonds is 0. The van der Waals surface area contributed by atoms with Crippen molar-refractivity contribution in [2.45, 2.75) is 0 Å². The maximum atomic E-state index is 12.3. The van der Waals surface area contributed by atoms with Crippen LogP contribution in [0.1, 0.15) is 0 Å². The zero-order valence-electron chi connectivity index (χ0n) is 4.94. The quantitative estimate of drug-likeness (QED) is 0.519. The largest absolute Gasteiger partial charge is 0.503 e. The third-order valence-electron chi connectivity index (χ3n) is 1.04. The Kier molecular flexibility index (Phi) is 1.61. The Morgan fingerprint density at radius 1 is 1.20 bits per heavy atom. The lowest BCUT2D eigenvalue weighted by molar-refractivity contribution is 0.397. The molecule has 1 rings (SSSR count). The fourth-order valence-corrected chi connectivity index (χ4v) is 0.585. The molecular formula is C6H3BF2O. The van der Waals surface area contributed by atoms with Crippen LogP contribution in [-0.2, 0) is 0 Å². The molecule has 0 heterocycles. The first-order chi connectivity index (χ1) is 4.61. The molecule has 1 N–H and O–H groups in total. The highest BCUT2D eigenvalue weighted by Gasteiger charge is 2.05. The van der Waals surface area contributed by atoms with E-state index >= 15 is 0 Å². The molecule has 0 saturated carbocycles. The van der Waals surface area contributed by atoms with Crippen molar-refractivity contribution in [2.75, 3.05) is 0 Å². The minimum atomic E-state index is -1.04. The lowest BCUT2D eigenvalue weighted by Gasteiger charge is -1.97. The SMILES string of the molecule is [B]c1cc(F)c(O)c(F)c1. The maximum absolute atomic E-state index is 12.3. The van der Waals surface area contributed by atoms with Gasteiger partial charge in [-0.2, -0.15) is 0 Å². The van der Waals surface area contributed by atoms with Gasteiger partial charge in [0.1, 0.15) is 7.85 Å². The molecule has 1 aromatic carbocycles. The Morgan fingerprint density at radius 3 is 2.00 bits per heavy atom. The lowest BCUT2D eigenvalue weighted by atomic mass is 9.96. The predicted molar refractivity (Wildman–Crippen MR) is 33.4 cm³/mol. The van der Waals surface area contributed by atoms with Crippen molar-refractivity contribution in [2.24, 2.45) is 0 Å². The Bertz CT molecular complexity index is 239. The van der Waals surface area contributed by atoms with Crippen molar-refractivity contribution in [1.29, 1.82) is 0 Å². The van der Waals surface area contributed by atoms with Gasteiger partial charge in [-0.05, 0) is 12.1 Å². The topological polar surface area (TPSA) is 20.2 Å². The standard InChI is InChI=1S/C6H3BF2O/c7-3-1-4(8)6(10)5(9)2-3/h1-2,10H. The summed E-state index contributed by atoms with van der Waals surface area (Å²) in [5.41, 5.74) is -0.0483. The molecule has 1 aromatic rings. The fourth-order valence-electron chi connectivity index (χ4n) is 0.585. The maximum Gasteiger partial charge on any atom is 0.187 e. The van der Waals surface area contributed by atoms with Crippen molar-refractivity contribution in [1.82, 2.24) is 0 Å². The van der Waals surface area contributed by atoms with Gasteiger partial charge in [0.05, 0.1) is 0 Å². The average molecular weight is 140 g/mol. The molecule has 0 amide bonds. The Labute approximate surface area is 57.7 Å². The van der Waals surface area contributed by atoms with Crippen molar-refractivity contribution in [3.63, 3.8) is 0 Å². The highest BCUT2D eigenvalue weighted by Crippen LogP contribution is 2.16. The molecule has 0 aromatic heterocycles. The summed E-state index contributed by atoms with van der Waals surface area (Å²) in [6.45, 7) is 0. The monoisotopic (exact) mass is 140 g/mol. The van der Waals surface area contributed by atoms with E-state index in [1.807, 2.05) is 0 Å². The molecule has 0 aliphatic rings. The molecule has 4 heteroatoms. The van der Waals surface area contributed by atoms with Crippen LogP contribution in [0.25, 0.3) is 0 Å². The number of benzene rings is 1. The lowest BCUT2D eigenvalue weighted by Crippen LogP contribution is -2.03. The van der Waals surface area contributed by atoms with Crippen LogP contribution in [0.2, 0.25) is 0 Å². The molecule has 0 unspecified atom stereocenters. The predicted octanol–water partition coefficient (Wildman–Crippen LogP) is 0.464. The second-order valence-corrected chi connectivity index (χ2v) is 1.83. The van der Waals surface area contributed by atoms with Crippen LogP contribution in [0.15, 0.2) is 12.1 Å². The highest BCUT2D eigenvalue weighted by molar-refractivity contribution is 6.32. The highest BCUT2D eigenvalue weighted by atomic mass is 19.1. The molecule has 1 nitrogen and oxygen atoms in total. The van der Waals surface area contributed by atoms with Crippen LogP contribution >= 0.6 is 0 Å². The number of hydrogen-bond donors (Lipinski definition) is 1. The van der Waals surface area contributed by atoms with Gasteiger partial charge in [0.15, 0.2) is 17.4 Å². The summed E-state index contributed by atoms with van der Waals surface area (Å²) >= 11 is 0. The molecule has 0 atom stereocenters. The van der Waals surface area contributed by atoms with Gasteiger partial charge < -0.3 is 5.11 Å². The van der Waals surface area contributed by atoms with E-state index in [2.05, 4.69) is 0 Å². The van der Waals surface area contributed by atoms with Crippen LogP contribution in [-0.4, -0.2) is 13.0 Å². The fraction of sp³-hybridized carbons (Fsp3) is 0. The van der Waals surface area contributed by atoms with Gasteiger partial charge >= 0.3 is 0 Å². The van der Waals surface area contributed by atoms with Gasteiger partial charge in [0.25, 0.3) is 0 Å². The molecule has 0 aliphatic heterocycles. The zero-order valence-corrected chi connectivity index (χ0v) is 4.94. The van der Waals surface area contributed by atoms with Crippen LogP contribution in [0.3, 0.4) is 0 Å². The summed E-state index contributed by atoms with van der Waals surface area (Å²) in [4.78, 5) is 0. The number of halogens is 2. The van der Waals surface area contributed by atoms with E-state index in [1.165, 1.54) is 0 Å². The van der Waals surface area contributed by atoms with E-state index in [0.717, 1.165) is 12.1 Å². The molecule has 10 heavy (non-hydrogen) atoms.